The molecule has 1 aliphatic rings. The summed E-state index contributed by atoms with van der Waals surface area (Å²) >= 11 is 0. The second kappa shape index (κ2) is 6.41. The van der Waals surface area contributed by atoms with E-state index in [1.165, 1.54) is 0 Å². The Labute approximate surface area is 134 Å². The van der Waals surface area contributed by atoms with Crippen LogP contribution in [-0.4, -0.2) is 19.6 Å². The van der Waals surface area contributed by atoms with Gasteiger partial charge in [0.25, 0.3) is 0 Å². The third-order valence-electron chi connectivity index (χ3n) is 3.86. The normalized spacial score (nSPS) is 16.5. The molecule has 3 rings (SSSR count). The molecule has 1 N–H and O–H groups in total. The highest BCUT2D eigenvalue weighted by Crippen LogP contribution is 2.36. The van der Waals surface area contributed by atoms with Crippen molar-refractivity contribution in [2.45, 2.75) is 12.3 Å². The largest absolute Gasteiger partial charge is 0.493 e. The van der Waals surface area contributed by atoms with Crippen LogP contribution in [0, 0.1) is 11.3 Å². The van der Waals surface area contributed by atoms with Crippen LogP contribution in [0.3, 0.4) is 0 Å². The number of benzene rings is 2. The van der Waals surface area contributed by atoms with Crippen molar-refractivity contribution < 1.29 is 14.3 Å². The maximum atomic E-state index is 11.4. The average molecular weight is 308 g/mol. The lowest BCUT2D eigenvalue weighted by Crippen LogP contribution is -2.13. The van der Waals surface area contributed by atoms with Crippen LogP contribution in [0.2, 0.25) is 0 Å². The van der Waals surface area contributed by atoms with Gasteiger partial charge in [-0.3, -0.25) is 4.79 Å². The number of carbonyl (C=O) groups is 1. The first kappa shape index (κ1) is 14.9. The Kier molecular flexibility index (Phi) is 4.15. The summed E-state index contributed by atoms with van der Waals surface area (Å²) in [5.74, 6) is 1.78. The van der Waals surface area contributed by atoms with Gasteiger partial charge in [-0.25, -0.2) is 0 Å². The molecule has 1 amide bonds. The minimum atomic E-state index is 0.0584. The number of hydrogen-bond acceptors (Lipinski definition) is 4. The molecule has 0 saturated carbocycles. The smallest absolute Gasteiger partial charge is 0.220 e. The summed E-state index contributed by atoms with van der Waals surface area (Å²) in [4.78, 5) is 11.4. The number of amides is 1. The maximum Gasteiger partial charge on any atom is 0.220 e. The number of nitriles is 1. The van der Waals surface area contributed by atoms with Crippen molar-refractivity contribution in [3.63, 3.8) is 0 Å². The van der Waals surface area contributed by atoms with E-state index in [1.54, 1.807) is 25.3 Å². The second-order valence-electron chi connectivity index (χ2n) is 5.33. The fourth-order valence-corrected chi connectivity index (χ4v) is 2.63. The molecule has 0 aliphatic carbocycles. The van der Waals surface area contributed by atoms with Crippen LogP contribution in [0.5, 0.6) is 17.2 Å². The Morgan fingerprint density at radius 2 is 2.00 bits per heavy atom. The lowest BCUT2D eigenvalue weighted by atomic mass is 9.98. The zero-order valence-electron chi connectivity index (χ0n) is 12.7. The molecule has 0 bridgehead atoms. The monoisotopic (exact) mass is 308 g/mol. The number of para-hydroxylation sites is 1. The molecule has 0 spiro atoms. The van der Waals surface area contributed by atoms with Crippen molar-refractivity contribution >= 4 is 5.91 Å². The van der Waals surface area contributed by atoms with E-state index in [0.717, 1.165) is 5.56 Å². The summed E-state index contributed by atoms with van der Waals surface area (Å²) in [7, 11) is 1.57. The molecule has 2 aromatic rings. The van der Waals surface area contributed by atoms with Crippen LogP contribution in [0.15, 0.2) is 42.5 Å². The molecular formula is C18H16N2O3. The topological polar surface area (TPSA) is 71.3 Å². The van der Waals surface area contributed by atoms with Crippen LogP contribution in [0.25, 0.3) is 0 Å². The van der Waals surface area contributed by atoms with Crippen molar-refractivity contribution in [1.82, 2.24) is 5.32 Å². The van der Waals surface area contributed by atoms with Gasteiger partial charge in [-0.05, 0) is 29.8 Å². The van der Waals surface area contributed by atoms with E-state index in [0.29, 0.717) is 35.8 Å². The molecule has 1 fully saturated rings. The van der Waals surface area contributed by atoms with Gasteiger partial charge >= 0.3 is 0 Å². The Morgan fingerprint density at radius 3 is 2.70 bits per heavy atom. The molecule has 1 aliphatic heterocycles. The van der Waals surface area contributed by atoms with Crippen molar-refractivity contribution in [3.05, 3.63) is 53.6 Å². The predicted octanol–water partition coefficient (Wildman–Crippen LogP) is 2.96. The van der Waals surface area contributed by atoms with E-state index in [9.17, 15) is 10.1 Å². The van der Waals surface area contributed by atoms with Gasteiger partial charge in [-0.15, -0.1) is 0 Å². The van der Waals surface area contributed by atoms with Crippen LogP contribution in [-0.2, 0) is 4.79 Å². The van der Waals surface area contributed by atoms with Crippen molar-refractivity contribution in [2.75, 3.05) is 13.7 Å². The Balaban J connectivity index is 1.94. The quantitative estimate of drug-likeness (QED) is 0.942. The first-order valence-electron chi connectivity index (χ1n) is 7.33. The molecule has 5 heteroatoms. The standard InChI is InChI=1S/C18H16N2O3/c1-22-16-7-6-12(14-9-18(21)20-11-14)8-17(16)23-15-5-3-2-4-13(15)10-19/h2-8,14H,9,11H2,1H3,(H,20,21). The lowest BCUT2D eigenvalue weighted by molar-refractivity contribution is -0.119. The molecular weight excluding hydrogens is 292 g/mol. The molecule has 116 valence electrons. The highest BCUT2D eigenvalue weighted by molar-refractivity contribution is 5.79. The summed E-state index contributed by atoms with van der Waals surface area (Å²) in [5.41, 5.74) is 1.46. The fourth-order valence-electron chi connectivity index (χ4n) is 2.63. The Bertz CT molecular complexity index is 780. The third-order valence-corrected chi connectivity index (χ3v) is 3.86. The van der Waals surface area contributed by atoms with Crippen LogP contribution in [0.4, 0.5) is 0 Å². The van der Waals surface area contributed by atoms with Crippen molar-refractivity contribution in [2.24, 2.45) is 0 Å². The number of nitrogens with zero attached hydrogens (tertiary/aromatic N) is 1. The van der Waals surface area contributed by atoms with Gasteiger partial charge in [0.05, 0.1) is 12.7 Å². The first-order chi connectivity index (χ1) is 11.2. The van der Waals surface area contributed by atoms with E-state index in [1.807, 2.05) is 24.3 Å². The highest BCUT2D eigenvalue weighted by Gasteiger charge is 2.24. The number of rotatable bonds is 4. The Morgan fingerprint density at radius 1 is 1.17 bits per heavy atom. The predicted molar refractivity (Wildman–Crippen MR) is 84.6 cm³/mol. The van der Waals surface area contributed by atoms with Crippen LogP contribution < -0.4 is 14.8 Å². The summed E-state index contributed by atoms with van der Waals surface area (Å²) in [5, 5.41) is 12.0. The average Bonchev–Trinajstić information content (AvgIpc) is 3.02. The number of nitrogens with one attached hydrogen (secondary N) is 1. The second-order valence-corrected chi connectivity index (χ2v) is 5.33. The van der Waals surface area contributed by atoms with E-state index >= 15 is 0 Å². The number of carbonyl (C=O) groups excluding carboxylic acids is 1. The zero-order chi connectivity index (χ0) is 16.2. The van der Waals surface area contributed by atoms with E-state index in [4.69, 9.17) is 9.47 Å². The number of methoxy groups -OCH3 is 1. The maximum absolute atomic E-state index is 11.4. The molecule has 23 heavy (non-hydrogen) atoms. The van der Waals surface area contributed by atoms with Crippen molar-refractivity contribution in [1.29, 1.82) is 5.26 Å². The SMILES string of the molecule is COc1ccc(C2CNC(=O)C2)cc1Oc1ccccc1C#N. The molecule has 0 radical (unpaired) electrons. The van der Waals surface area contributed by atoms with Gasteiger partial charge in [0.15, 0.2) is 11.5 Å². The van der Waals surface area contributed by atoms with Crippen molar-refractivity contribution in [3.8, 4) is 23.3 Å². The van der Waals surface area contributed by atoms with E-state index in [-0.39, 0.29) is 11.8 Å². The first-order valence-corrected chi connectivity index (χ1v) is 7.33. The van der Waals surface area contributed by atoms with Crippen LogP contribution in [0.1, 0.15) is 23.5 Å². The highest BCUT2D eigenvalue weighted by atomic mass is 16.5. The molecule has 5 nitrogen and oxygen atoms in total. The Hall–Kier alpha value is -3.00. The number of hydrogen-bond donors (Lipinski definition) is 1. The minimum Gasteiger partial charge on any atom is -0.493 e. The van der Waals surface area contributed by atoms with Gasteiger partial charge in [0, 0.05) is 18.9 Å². The van der Waals surface area contributed by atoms with E-state index < -0.39 is 0 Å². The summed E-state index contributed by atoms with van der Waals surface area (Å²) in [6, 6.07) is 14.8. The molecule has 0 aromatic heterocycles. The number of ether oxygens (including phenoxy) is 2. The van der Waals surface area contributed by atoms with E-state index in [2.05, 4.69) is 11.4 Å². The molecule has 1 heterocycles. The van der Waals surface area contributed by atoms with Gasteiger partial charge in [-0.2, -0.15) is 5.26 Å². The summed E-state index contributed by atoms with van der Waals surface area (Å²) in [6.07, 6.45) is 0.473. The minimum absolute atomic E-state index is 0.0584. The van der Waals surface area contributed by atoms with Gasteiger partial charge < -0.3 is 14.8 Å². The summed E-state index contributed by atoms with van der Waals surface area (Å²) < 4.78 is 11.2. The fraction of sp³-hybridized carbons (Fsp3) is 0.222. The van der Waals surface area contributed by atoms with Crippen LogP contribution >= 0.6 is 0 Å². The van der Waals surface area contributed by atoms with Gasteiger partial charge in [0.2, 0.25) is 5.91 Å². The van der Waals surface area contributed by atoms with Gasteiger partial charge in [-0.1, -0.05) is 18.2 Å². The molecule has 1 saturated heterocycles. The zero-order valence-corrected chi connectivity index (χ0v) is 12.7. The third kappa shape index (κ3) is 3.11. The molecule has 1 unspecified atom stereocenters. The van der Waals surface area contributed by atoms with Gasteiger partial charge in [0.1, 0.15) is 11.8 Å². The lowest BCUT2D eigenvalue weighted by Gasteiger charge is -2.15. The molecule has 1 atom stereocenters. The summed E-state index contributed by atoms with van der Waals surface area (Å²) in [6.45, 7) is 0.624. The molecule has 2 aromatic carbocycles.